The Balaban J connectivity index is 2.26. The fraction of sp³-hybridized carbons (Fsp3) is 0.417. The minimum absolute atomic E-state index is 0.0243. The SMILES string of the molecule is N#Cc1ccc(Cl)c(S(=O)(=O)NC2CCCSC2)c1. The summed E-state index contributed by atoms with van der Waals surface area (Å²) in [6.45, 7) is 0. The maximum absolute atomic E-state index is 12.3. The summed E-state index contributed by atoms with van der Waals surface area (Å²) < 4.78 is 27.2. The van der Waals surface area contributed by atoms with Gasteiger partial charge in [0.2, 0.25) is 10.0 Å². The third-order valence-corrected chi connectivity index (χ3v) is 6.05. The van der Waals surface area contributed by atoms with Gasteiger partial charge in [0.15, 0.2) is 0 Å². The summed E-state index contributed by atoms with van der Waals surface area (Å²) in [7, 11) is -3.67. The molecule has 7 heteroatoms. The molecule has 0 saturated carbocycles. The summed E-state index contributed by atoms with van der Waals surface area (Å²) in [6.07, 6.45) is 1.84. The van der Waals surface area contributed by atoms with E-state index in [1.54, 1.807) is 11.8 Å². The van der Waals surface area contributed by atoms with Gasteiger partial charge in [0.1, 0.15) is 4.90 Å². The Morgan fingerprint density at radius 3 is 2.89 bits per heavy atom. The largest absolute Gasteiger partial charge is 0.242 e. The Hall–Kier alpha value is -0.740. The fourth-order valence-electron chi connectivity index (χ4n) is 1.90. The molecule has 1 aliphatic rings. The second-order valence-corrected chi connectivity index (χ2v) is 7.53. The van der Waals surface area contributed by atoms with Crippen molar-refractivity contribution in [3.8, 4) is 6.07 Å². The molecule has 1 unspecified atom stereocenters. The van der Waals surface area contributed by atoms with Crippen LogP contribution >= 0.6 is 23.4 Å². The number of hydrogen-bond donors (Lipinski definition) is 1. The van der Waals surface area contributed by atoms with Crippen LogP contribution in [0.1, 0.15) is 18.4 Å². The highest BCUT2D eigenvalue weighted by Crippen LogP contribution is 2.24. The average Bonchev–Trinajstić information content (AvgIpc) is 2.39. The fourth-order valence-corrected chi connectivity index (χ4v) is 4.87. The first-order chi connectivity index (χ1) is 9.03. The second-order valence-electron chi connectivity index (χ2n) is 4.29. The van der Waals surface area contributed by atoms with Gasteiger partial charge in [0.25, 0.3) is 0 Å². The summed E-state index contributed by atoms with van der Waals surface area (Å²) in [5, 5.41) is 8.96. The number of sulfonamides is 1. The minimum atomic E-state index is -3.67. The standard InChI is InChI=1S/C12H13ClN2O2S2/c13-11-4-3-9(7-14)6-12(11)19(16,17)15-10-2-1-5-18-8-10/h3-4,6,10,15H,1-2,5,8H2. The molecular formula is C12H13ClN2O2S2. The molecule has 0 aliphatic carbocycles. The van der Waals surface area contributed by atoms with Crippen LogP contribution in [0.2, 0.25) is 5.02 Å². The molecule has 0 amide bonds. The van der Waals surface area contributed by atoms with Gasteiger partial charge >= 0.3 is 0 Å². The van der Waals surface area contributed by atoms with Crippen molar-refractivity contribution < 1.29 is 8.42 Å². The first-order valence-corrected chi connectivity index (χ1v) is 8.84. The summed E-state index contributed by atoms with van der Waals surface area (Å²) in [5.41, 5.74) is 0.280. The molecule has 0 aromatic heterocycles. The van der Waals surface area contributed by atoms with Gasteiger partial charge in [-0.3, -0.25) is 0 Å². The van der Waals surface area contributed by atoms with Crippen molar-refractivity contribution in [2.75, 3.05) is 11.5 Å². The van der Waals surface area contributed by atoms with Crippen LogP contribution in [0.15, 0.2) is 23.1 Å². The number of nitrogens with zero attached hydrogens (tertiary/aromatic N) is 1. The Bertz CT molecular complexity index is 605. The molecule has 1 aromatic rings. The van der Waals surface area contributed by atoms with Crippen LogP contribution in [0.3, 0.4) is 0 Å². The van der Waals surface area contributed by atoms with E-state index >= 15 is 0 Å². The Labute approximate surface area is 122 Å². The molecule has 1 aliphatic heterocycles. The molecule has 1 heterocycles. The van der Waals surface area contributed by atoms with Gasteiger partial charge in [-0.15, -0.1) is 0 Å². The third kappa shape index (κ3) is 3.63. The van der Waals surface area contributed by atoms with Crippen molar-refractivity contribution in [2.45, 2.75) is 23.8 Å². The predicted molar refractivity (Wildman–Crippen MR) is 76.8 cm³/mol. The topological polar surface area (TPSA) is 70.0 Å². The van der Waals surface area contributed by atoms with Gasteiger partial charge in [-0.1, -0.05) is 11.6 Å². The van der Waals surface area contributed by atoms with Crippen molar-refractivity contribution in [1.29, 1.82) is 5.26 Å². The molecule has 4 nitrogen and oxygen atoms in total. The number of nitrogens with one attached hydrogen (secondary N) is 1. The van der Waals surface area contributed by atoms with Gasteiger partial charge in [-0.2, -0.15) is 17.0 Å². The smallest absolute Gasteiger partial charge is 0.207 e. The quantitative estimate of drug-likeness (QED) is 0.929. The Morgan fingerprint density at radius 2 is 2.26 bits per heavy atom. The second kappa shape index (κ2) is 6.14. The van der Waals surface area contributed by atoms with Gasteiger partial charge in [0, 0.05) is 11.8 Å². The molecule has 19 heavy (non-hydrogen) atoms. The molecule has 0 bridgehead atoms. The van der Waals surface area contributed by atoms with Gasteiger partial charge < -0.3 is 0 Å². The van der Waals surface area contributed by atoms with Crippen LogP contribution in [-0.2, 0) is 10.0 Å². The molecular weight excluding hydrogens is 304 g/mol. The first kappa shape index (κ1) is 14.7. The highest BCUT2D eigenvalue weighted by atomic mass is 35.5. The number of thioether (sulfide) groups is 1. The molecule has 1 atom stereocenters. The van der Waals surface area contributed by atoms with Crippen LogP contribution in [0, 0.1) is 11.3 Å². The lowest BCUT2D eigenvalue weighted by Gasteiger charge is -2.22. The van der Waals surface area contributed by atoms with Gasteiger partial charge in [0.05, 0.1) is 16.7 Å². The van der Waals surface area contributed by atoms with E-state index in [-0.39, 0.29) is 21.5 Å². The van der Waals surface area contributed by atoms with E-state index < -0.39 is 10.0 Å². The zero-order valence-corrected chi connectivity index (χ0v) is 12.5. The molecule has 1 saturated heterocycles. The lowest BCUT2D eigenvalue weighted by Crippen LogP contribution is -2.38. The van der Waals surface area contributed by atoms with E-state index in [1.165, 1.54) is 18.2 Å². The number of nitriles is 1. The predicted octanol–water partition coefficient (Wildman–Crippen LogP) is 2.39. The van der Waals surface area contributed by atoms with Crippen molar-refractivity contribution in [1.82, 2.24) is 4.72 Å². The Kier molecular flexibility index (Phi) is 4.74. The van der Waals surface area contributed by atoms with E-state index in [4.69, 9.17) is 16.9 Å². The average molecular weight is 317 g/mol. The number of hydrogen-bond acceptors (Lipinski definition) is 4. The lowest BCUT2D eigenvalue weighted by atomic mass is 10.2. The zero-order valence-electron chi connectivity index (χ0n) is 10.1. The van der Waals surface area contributed by atoms with E-state index in [1.807, 2.05) is 6.07 Å². The highest BCUT2D eigenvalue weighted by Gasteiger charge is 2.24. The van der Waals surface area contributed by atoms with Gasteiger partial charge in [-0.25, -0.2) is 13.1 Å². The van der Waals surface area contributed by atoms with Crippen LogP contribution in [0.25, 0.3) is 0 Å². The van der Waals surface area contributed by atoms with E-state index in [2.05, 4.69) is 4.72 Å². The minimum Gasteiger partial charge on any atom is -0.207 e. The maximum Gasteiger partial charge on any atom is 0.242 e. The van der Waals surface area contributed by atoms with Crippen molar-refractivity contribution in [3.63, 3.8) is 0 Å². The van der Waals surface area contributed by atoms with Gasteiger partial charge in [-0.05, 0) is 36.8 Å². The number of rotatable bonds is 3. The normalized spacial score (nSPS) is 19.9. The number of benzene rings is 1. The zero-order chi connectivity index (χ0) is 13.9. The molecule has 102 valence electrons. The molecule has 1 fully saturated rings. The van der Waals surface area contributed by atoms with Crippen LogP contribution in [0.5, 0.6) is 0 Å². The van der Waals surface area contributed by atoms with Crippen LogP contribution < -0.4 is 4.72 Å². The molecule has 0 radical (unpaired) electrons. The summed E-state index contributed by atoms with van der Waals surface area (Å²) >= 11 is 7.66. The van der Waals surface area contributed by atoms with E-state index in [0.29, 0.717) is 0 Å². The highest BCUT2D eigenvalue weighted by molar-refractivity contribution is 7.99. The first-order valence-electron chi connectivity index (χ1n) is 5.82. The molecule has 2 rings (SSSR count). The summed E-state index contributed by atoms with van der Waals surface area (Å²) in [6, 6.07) is 6.09. The lowest BCUT2D eigenvalue weighted by molar-refractivity contribution is 0.543. The third-order valence-electron chi connectivity index (χ3n) is 2.83. The van der Waals surface area contributed by atoms with E-state index in [9.17, 15) is 8.42 Å². The molecule has 1 aromatic carbocycles. The van der Waals surface area contributed by atoms with Crippen molar-refractivity contribution >= 4 is 33.4 Å². The summed E-state index contributed by atoms with van der Waals surface area (Å²) in [5.74, 6) is 1.84. The number of halogens is 1. The van der Waals surface area contributed by atoms with Crippen LogP contribution in [-0.4, -0.2) is 26.0 Å². The molecule has 1 N–H and O–H groups in total. The molecule has 0 spiro atoms. The monoisotopic (exact) mass is 316 g/mol. The Morgan fingerprint density at radius 1 is 1.47 bits per heavy atom. The van der Waals surface area contributed by atoms with E-state index in [0.717, 1.165) is 24.3 Å². The summed E-state index contributed by atoms with van der Waals surface area (Å²) in [4.78, 5) is -0.0243. The van der Waals surface area contributed by atoms with Crippen LogP contribution in [0.4, 0.5) is 0 Å². The maximum atomic E-state index is 12.3. The van der Waals surface area contributed by atoms with Crippen molar-refractivity contribution in [2.24, 2.45) is 0 Å². The van der Waals surface area contributed by atoms with Crippen molar-refractivity contribution in [3.05, 3.63) is 28.8 Å².